The summed E-state index contributed by atoms with van der Waals surface area (Å²) in [7, 11) is 0. The molecular weight excluding hydrogens is 336 g/mol. The number of anilines is 1. The molecule has 2 atom stereocenters. The zero-order valence-electron chi connectivity index (χ0n) is 16.0. The second-order valence-electron chi connectivity index (χ2n) is 7.65. The second-order valence-corrected chi connectivity index (χ2v) is 7.65. The van der Waals surface area contributed by atoms with Gasteiger partial charge in [-0.3, -0.25) is 9.59 Å². The number of fused-ring (bicyclic) bond motifs is 1. The van der Waals surface area contributed by atoms with Crippen LogP contribution in [0.5, 0.6) is 0 Å². The van der Waals surface area contributed by atoms with Gasteiger partial charge in [0.2, 0.25) is 11.8 Å². The minimum Gasteiger partial charge on any atom is -0.338 e. The maximum Gasteiger partial charge on any atom is 0.230 e. The Kier molecular flexibility index (Phi) is 4.73. The number of aryl methyl sites for hydroxylation is 1. The van der Waals surface area contributed by atoms with Crippen LogP contribution in [-0.2, 0) is 22.6 Å². The highest BCUT2D eigenvalue weighted by Gasteiger charge is 2.51. The quantitative estimate of drug-likeness (QED) is 0.834. The zero-order valence-corrected chi connectivity index (χ0v) is 16.0. The van der Waals surface area contributed by atoms with Crippen molar-refractivity contribution in [3.8, 4) is 0 Å². The molecular formula is C23H26N2O2. The minimum absolute atomic E-state index is 0.0823. The average Bonchev–Trinajstić information content (AvgIpc) is 3.48. The molecule has 1 saturated carbocycles. The van der Waals surface area contributed by atoms with E-state index >= 15 is 0 Å². The second kappa shape index (κ2) is 7.18. The van der Waals surface area contributed by atoms with Gasteiger partial charge in [0.05, 0.1) is 11.8 Å². The molecule has 0 N–H and O–H groups in total. The highest BCUT2D eigenvalue weighted by molar-refractivity contribution is 6.01. The Balaban J connectivity index is 1.43. The highest BCUT2D eigenvalue weighted by atomic mass is 16.2. The summed E-state index contributed by atoms with van der Waals surface area (Å²) in [5.74, 6) is -0.0984. The van der Waals surface area contributed by atoms with Gasteiger partial charge < -0.3 is 9.80 Å². The minimum atomic E-state index is -0.171. The molecule has 1 aliphatic carbocycles. The van der Waals surface area contributed by atoms with Crippen LogP contribution in [0.1, 0.15) is 30.0 Å². The first kappa shape index (κ1) is 17.8. The monoisotopic (exact) mass is 362 g/mol. The summed E-state index contributed by atoms with van der Waals surface area (Å²) < 4.78 is 0. The highest BCUT2D eigenvalue weighted by Crippen LogP contribution is 2.42. The third-order valence-corrected chi connectivity index (χ3v) is 5.76. The van der Waals surface area contributed by atoms with E-state index in [1.165, 1.54) is 11.1 Å². The van der Waals surface area contributed by atoms with Crippen molar-refractivity contribution in [3.05, 3.63) is 65.2 Å². The molecule has 0 spiro atoms. The standard InChI is InChI=1S/C23H26N2O2/c1-3-25(19-10-6-7-16(2)13-19)23(27)21-14-20(21)22(26)24-12-11-17-8-4-5-9-18(17)15-24/h4-10,13,20-21H,3,11-12,14-15H2,1-2H3. The summed E-state index contributed by atoms with van der Waals surface area (Å²) in [5, 5.41) is 0. The maximum atomic E-state index is 13.0. The number of benzene rings is 2. The fraction of sp³-hybridized carbons (Fsp3) is 0.391. The van der Waals surface area contributed by atoms with Crippen LogP contribution in [-0.4, -0.2) is 29.8 Å². The lowest BCUT2D eigenvalue weighted by atomic mass is 9.99. The van der Waals surface area contributed by atoms with Gasteiger partial charge >= 0.3 is 0 Å². The molecule has 2 unspecified atom stereocenters. The van der Waals surface area contributed by atoms with Gasteiger partial charge in [0.15, 0.2) is 0 Å². The smallest absolute Gasteiger partial charge is 0.230 e. The Morgan fingerprint density at radius 2 is 1.85 bits per heavy atom. The number of carbonyl (C=O) groups excluding carboxylic acids is 2. The molecule has 4 nitrogen and oxygen atoms in total. The fourth-order valence-corrected chi connectivity index (χ4v) is 4.12. The van der Waals surface area contributed by atoms with E-state index in [4.69, 9.17) is 0 Å². The van der Waals surface area contributed by atoms with E-state index in [-0.39, 0.29) is 23.7 Å². The number of carbonyl (C=O) groups is 2. The van der Waals surface area contributed by atoms with Crippen LogP contribution < -0.4 is 4.90 Å². The van der Waals surface area contributed by atoms with E-state index in [1.807, 2.05) is 54.0 Å². The van der Waals surface area contributed by atoms with E-state index in [2.05, 4.69) is 18.2 Å². The van der Waals surface area contributed by atoms with Crippen molar-refractivity contribution >= 4 is 17.5 Å². The van der Waals surface area contributed by atoms with Gasteiger partial charge in [-0.05, 0) is 55.5 Å². The Bertz CT molecular complexity index is 876. The van der Waals surface area contributed by atoms with Crippen molar-refractivity contribution in [3.63, 3.8) is 0 Å². The Morgan fingerprint density at radius 3 is 2.59 bits per heavy atom. The summed E-state index contributed by atoms with van der Waals surface area (Å²) >= 11 is 0. The molecule has 4 rings (SSSR count). The molecule has 2 aromatic carbocycles. The first-order valence-corrected chi connectivity index (χ1v) is 9.82. The summed E-state index contributed by atoms with van der Waals surface area (Å²) in [5.41, 5.74) is 4.62. The third kappa shape index (κ3) is 3.48. The van der Waals surface area contributed by atoms with Gasteiger partial charge in [0.1, 0.15) is 0 Å². The van der Waals surface area contributed by atoms with Crippen molar-refractivity contribution in [2.24, 2.45) is 11.8 Å². The number of hydrogen-bond acceptors (Lipinski definition) is 2. The summed E-state index contributed by atoms with van der Waals surface area (Å²) in [6, 6.07) is 16.3. The van der Waals surface area contributed by atoms with Gasteiger partial charge in [-0.2, -0.15) is 0 Å². The molecule has 2 aromatic rings. The summed E-state index contributed by atoms with van der Waals surface area (Å²) in [6.07, 6.45) is 1.58. The van der Waals surface area contributed by atoms with E-state index in [1.54, 1.807) is 0 Å². The number of rotatable bonds is 4. The zero-order chi connectivity index (χ0) is 19.0. The van der Waals surface area contributed by atoms with E-state index in [0.717, 1.165) is 24.2 Å². The van der Waals surface area contributed by atoms with Crippen LogP contribution >= 0.6 is 0 Å². The summed E-state index contributed by atoms with van der Waals surface area (Å²) in [4.78, 5) is 29.7. The van der Waals surface area contributed by atoms with Crippen LogP contribution in [0.15, 0.2) is 48.5 Å². The van der Waals surface area contributed by atoms with Crippen molar-refractivity contribution in [2.45, 2.75) is 33.2 Å². The van der Waals surface area contributed by atoms with E-state index in [0.29, 0.717) is 19.5 Å². The molecule has 1 aliphatic heterocycles. The lowest BCUT2D eigenvalue weighted by Crippen LogP contribution is -2.38. The topological polar surface area (TPSA) is 40.6 Å². The van der Waals surface area contributed by atoms with Gasteiger partial charge in [0.25, 0.3) is 0 Å². The molecule has 140 valence electrons. The van der Waals surface area contributed by atoms with Gasteiger partial charge in [0, 0.05) is 25.3 Å². The number of amides is 2. The van der Waals surface area contributed by atoms with Crippen molar-refractivity contribution in [1.29, 1.82) is 0 Å². The Labute approximate surface area is 160 Å². The molecule has 1 heterocycles. The van der Waals surface area contributed by atoms with E-state index < -0.39 is 0 Å². The molecule has 0 radical (unpaired) electrons. The average molecular weight is 362 g/mol. The number of nitrogens with zero attached hydrogens (tertiary/aromatic N) is 2. The van der Waals surface area contributed by atoms with Crippen LogP contribution in [0, 0.1) is 18.8 Å². The molecule has 0 bridgehead atoms. The van der Waals surface area contributed by atoms with Crippen LogP contribution in [0.25, 0.3) is 0 Å². The van der Waals surface area contributed by atoms with Crippen LogP contribution in [0.4, 0.5) is 5.69 Å². The molecule has 0 saturated heterocycles. The van der Waals surface area contributed by atoms with E-state index in [9.17, 15) is 9.59 Å². The van der Waals surface area contributed by atoms with Crippen molar-refractivity contribution in [2.75, 3.05) is 18.0 Å². The largest absolute Gasteiger partial charge is 0.338 e. The van der Waals surface area contributed by atoms with Gasteiger partial charge in [-0.15, -0.1) is 0 Å². The summed E-state index contributed by atoms with van der Waals surface area (Å²) in [6.45, 7) is 6.06. The molecule has 4 heteroatoms. The van der Waals surface area contributed by atoms with Crippen LogP contribution in [0.3, 0.4) is 0 Å². The van der Waals surface area contributed by atoms with Crippen molar-refractivity contribution in [1.82, 2.24) is 4.90 Å². The number of hydrogen-bond donors (Lipinski definition) is 0. The van der Waals surface area contributed by atoms with Gasteiger partial charge in [-0.25, -0.2) is 0 Å². The third-order valence-electron chi connectivity index (χ3n) is 5.76. The molecule has 27 heavy (non-hydrogen) atoms. The Morgan fingerprint density at radius 1 is 1.07 bits per heavy atom. The fourth-order valence-electron chi connectivity index (χ4n) is 4.12. The molecule has 1 fully saturated rings. The molecule has 2 amide bonds. The van der Waals surface area contributed by atoms with Gasteiger partial charge in [-0.1, -0.05) is 36.4 Å². The SMILES string of the molecule is CCN(C(=O)C1CC1C(=O)N1CCc2ccccc2C1)c1cccc(C)c1. The maximum absolute atomic E-state index is 13.0. The molecule has 0 aromatic heterocycles. The lowest BCUT2D eigenvalue weighted by Gasteiger charge is -2.29. The lowest BCUT2D eigenvalue weighted by molar-refractivity contribution is -0.135. The predicted octanol–water partition coefficient (Wildman–Crippen LogP) is 3.57. The first-order valence-electron chi connectivity index (χ1n) is 9.82. The Hall–Kier alpha value is -2.62. The normalized spacial score (nSPS) is 20.7. The predicted molar refractivity (Wildman–Crippen MR) is 106 cm³/mol. The first-order chi connectivity index (χ1) is 13.1. The van der Waals surface area contributed by atoms with Crippen LogP contribution in [0.2, 0.25) is 0 Å². The van der Waals surface area contributed by atoms with Crippen molar-refractivity contribution < 1.29 is 9.59 Å². The molecule has 2 aliphatic rings.